The third-order valence-electron chi connectivity index (χ3n) is 4.83. The van der Waals surface area contributed by atoms with Crippen molar-refractivity contribution in [1.82, 2.24) is 14.6 Å². The van der Waals surface area contributed by atoms with Gasteiger partial charge in [-0.15, -0.1) is 0 Å². The molecule has 1 N–H and O–H groups in total. The van der Waals surface area contributed by atoms with E-state index in [2.05, 4.69) is 20.7 Å². The Kier molecular flexibility index (Phi) is 1.96. The summed E-state index contributed by atoms with van der Waals surface area (Å²) in [6, 6.07) is 2.25. The standard InChI is InChI=1S/C12H17N3S/c1-4-14-16-10(1)11-9-2-6-15(7-9)12(11)3-5-13-8-12/h1,4,9,11,13H,2-3,5-8H2. The van der Waals surface area contributed by atoms with Gasteiger partial charge in [-0.3, -0.25) is 4.90 Å². The number of rotatable bonds is 1. The number of nitrogens with zero attached hydrogens (tertiary/aromatic N) is 2. The lowest BCUT2D eigenvalue weighted by Gasteiger charge is -2.41. The first-order valence-electron chi connectivity index (χ1n) is 6.26. The molecule has 4 heteroatoms. The summed E-state index contributed by atoms with van der Waals surface area (Å²) in [5.74, 6) is 1.64. The average Bonchev–Trinajstić information content (AvgIpc) is 3.01. The number of nitrogens with one attached hydrogen (secondary N) is 1. The van der Waals surface area contributed by atoms with Crippen LogP contribution in [-0.4, -0.2) is 41.0 Å². The van der Waals surface area contributed by atoms with Crippen LogP contribution in [-0.2, 0) is 0 Å². The fraction of sp³-hybridized carbons (Fsp3) is 0.750. The number of aromatic nitrogens is 1. The topological polar surface area (TPSA) is 28.2 Å². The summed E-state index contributed by atoms with van der Waals surface area (Å²) in [7, 11) is 0. The van der Waals surface area contributed by atoms with E-state index in [4.69, 9.17) is 0 Å². The van der Waals surface area contributed by atoms with Crippen molar-refractivity contribution in [3.05, 3.63) is 17.1 Å². The van der Waals surface area contributed by atoms with E-state index >= 15 is 0 Å². The Morgan fingerprint density at radius 3 is 3.31 bits per heavy atom. The van der Waals surface area contributed by atoms with Crippen molar-refractivity contribution in [2.24, 2.45) is 5.92 Å². The molecule has 0 saturated carbocycles. The molecule has 1 spiro atoms. The molecule has 3 nitrogen and oxygen atoms in total. The van der Waals surface area contributed by atoms with Crippen molar-refractivity contribution in [1.29, 1.82) is 0 Å². The van der Waals surface area contributed by atoms with Gasteiger partial charge >= 0.3 is 0 Å². The van der Waals surface area contributed by atoms with Gasteiger partial charge in [0.2, 0.25) is 0 Å². The van der Waals surface area contributed by atoms with Gasteiger partial charge in [-0.2, -0.15) is 0 Å². The van der Waals surface area contributed by atoms with E-state index in [1.807, 2.05) is 6.20 Å². The summed E-state index contributed by atoms with van der Waals surface area (Å²) < 4.78 is 4.31. The average molecular weight is 235 g/mol. The first kappa shape index (κ1) is 9.57. The van der Waals surface area contributed by atoms with E-state index in [-0.39, 0.29) is 0 Å². The van der Waals surface area contributed by atoms with E-state index < -0.39 is 0 Å². The molecule has 3 aliphatic heterocycles. The highest BCUT2D eigenvalue weighted by Gasteiger charge is 2.58. The molecule has 4 heterocycles. The van der Waals surface area contributed by atoms with Crippen LogP contribution in [0.3, 0.4) is 0 Å². The van der Waals surface area contributed by atoms with Crippen molar-refractivity contribution < 1.29 is 0 Å². The third kappa shape index (κ3) is 1.08. The van der Waals surface area contributed by atoms with Gasteiger partial charge in [0, 0.05) is 35.6 Å². The van der Waals surface area contributed by atoms with Crippen LogP contribution < -0.4 is 5.32 Å². The molecular weight excluding hydrogens is 218 g/mol. The number of hydrogen-bond donors (Lipinski definition) is 1. The van der Waals surface area contributed by atoms with E-state index in [9.17, 15) is 0 Å². The maximum Gasteiger partial charge on any atom is 0.0426 e. The van der Waals surface area contributed by atoms with Crippen molar-refractivity contribution in [2.75, 3.05) is 26.2 Å². The van der Waals surface area contributed by atoms with Crippen LogP contribution >= 0.6 is 11.5 Å². The molecule has 0 aromatic carbocycles. The molecule has 3 aliphatic rings. The number of fused-ring (bicyclic) bond motifs is 3. The number of hydrogen-bond acceptors (Lipinski definition) is 4. The summed E-state index contributed by atoms with van der Waals surface area (Å²) >= 11 is 1.72. The summed E-state index contributed by atoms with van der Waals surface area (Å²) in [5.41, 5.74) is 0.440. The predicted octanol–water partition coefficient (Wildman–Crippen LogP) is 1.29. The van der Waals surface area contributed by atoms with E-state index in [0.29, 0.717) is 5.54 Å². The normalized spacial score (nSPS) is 45.9. The molecule has 4 unspecified atom stereocenters. The Labute approximate surface area is 100 Å². The summed E-state index contributed by atoms with van der Waals surface area (Å²) in [4.78, 5) is 4.28. The van der Waals surface area contributed by atoms with Crippen LogP contribution in [0.5, 0.6) is 0 Å². The Bertz CT molecular complexity index is 383. The molecule has 0 aliphatic carbocycles. The second-order valence-electron chi connectivity index (χ2n) is 5.42. The second-order valence-corrected chi connectivity index (χ2v) is 6.28. The summed E-state index contributed by atoms with van der Waals surface area (Å²) in [6.07, 6.45) is 4.69. The molecule has 2 bridgehead atoms. The zero-order valence-electron chi connectivity index (χ0n) is 9.35. The quantitative estimate of drug-likeness (QED) is 0.795. The van der Waals surface area contributed by atoms with Crippen molar-refractivity contribution in [3.8, 4) is 0 Å². The molecule has 86 valence electrons. The van der Waals surface area contributed by atoms with Crippen LogP contribution in [0.15, 0.2) is 12.3 Å². The van der Waals surface area contributed by atoms with Crippen molar-refractivity contribution in [3.63, 3.8) is 0 Å². The van der Waals surface area contributed by atoms with E-state index in [1.54, 1.807) is 11.5 Å². The lowest BCUT2D eigenvalue weighted by Crippen LogP contribution is -2.50. The van der Waals surface area contributed by atoms with Crippen LogP contribution in [0.2, 0.25) is 0 Å². The highest BCUT2D eigenvalue weighted by atomic mass is 32.1. The molecule has 0 amide bonds. The van der Waals surface area contributed by atoms with Crippen LogP contribution in [0.25, 0.3) is 0 Å². The maximum absolute atomic E-state index is 4.31. The van der Waals surface area contributed by atoms with E-state index in [0.717, 1.165) is 11.8 Å². The van der Waals surface area contributed by atoms with Gasteiger partial charge in [0.25, 0.3) is 0 Å². The summed E-state index contributed by atoms with van der Waals surface area (Å²) in [6.45, 7) is 5.02. The second kappa shape index (κ2) is 3.28. The minimum absolute atomic E-state index is 0.440. The minimum atomic E-state index is 0.440. The Hall–Kier alpha value is -0.450. The van der Waals surface area contributed by atoms with Gasteiger partial charge in [-0.1, -0.05) is 0 Å². The fourth-order valence-corrected chi connectivity index (χ4v) is 5.11. The van der Waals surface area contributed by atoms with Crippen molar-refractivity contribution >= 4 is 11.5 Å². The smallest absolute Gasteiger partial charge is 0.0426 e. The van der Waals surface area contributed by atoms with Gasteiger partial charge in [0.15, 0.2) is 0 Å². The SMILES string of the molecule is c1cc(C2C3CCN(C3)C23CCNC3)sn1. The first-order chi connectivity index (χ1) is 7.90. The lowest BCUT2D eigenvalue weighted by atomic mass is 9.75. The van der Waals surface area contributed by atoms with Gasteiger partial charge in [-0.05, 0) is 49.4 Å². The van der Waals surface area contributed by atoms with E-state index in [1.165, 1.54) is 43.9 Å². The highest BCUT2D eigenvalue weighted by molar-refractivity contribution is 7.05. The molecule has 4 rings (SSSR count). The minimum Gasteiger partial charge on any atom is -0.315 e. The number of piperidine rings is 1. The van der Waals surface area contributed by atoms with Crippen LogP contribution in [0, 0.1) is 5.92 Å². The van der Waals surface area contributed by atoms with Crippen molar-refractivity contribution in [2.45, 2.75) is 24.3 Å². The Balaban J connectivity index is 1.78. The van der Waals surface area contributed by atoms with Crippen LogP contribution in [0.4, 0.5) is 0 Å². The molecule has 16 heavy (non-hydrogen) atoms. The fourth-order valence-electron chi connectivity index (χ4n) is 4.22. The molecule has 4 atom stereocenters. The zero-order valence-corrected chi connectivity index (χ0v) is 10.2. The maximum atomic E-state index is 4.31. The Morgan fingerprint density at radius 2 is 2.56 bits per heavy atom. The Morgan fingerprint density at radius 1 is 1.56 bits per heavy atom. The van der Waals surface area contributed by atoms with Gasteiger partial charge < -0.3 is 5.32 Å². The zero-order chi connectivity index (χ0) is 10.6. The molecular formula is C12H17N3S. The first-order valence-corrected chi connectivity index (χ1v) is 7.04. The monoisotopic (exact) mass is 235 g/mol. The molecule has 3 fully saturated rings. The van der Waals surface area contributed by atoms with Gasteiger partial charge in [-0.25, -0.2) is 4.37 Å². The van der Waals surface area contributed by atoms with Gasteiger partial charge in [0.05, 0.1) is 0 Å². The molecule has 0 radical (unpaired) electrons. The highest BCUT2D eigenvalue weighted by Crippen LogP contribution is 2.54. The third-order valence-corrected chi connectivity index (χ3v) is 5.66. The predicted molar refractivity (Wildman–Crippen MR) is 64.8 cm³/mol. The summed E-state index contributed by atoms with van der Waals surface area (Å²) in [5, 5.41) is 3.57. The molecule has 3 saturated heterocycles. The lowest BCUT2D eigenvalue weighted by molar-refractivity contribution is 0.132. The largest absolute Gasteiger partial charge is 0.315 e. The van der Waals surface area contributed by atoms with Gasteiger partial charge in [0.1, 0.15) is 0 Å². The molecule has 1 aromatic rings. The van der Waals surface area contributed by atoms with Crippen LogP contribution in [0.1, 0.15) is 23.6 Å². The molecule has 1 aromatic heterocycles.